The van der Waals surface area contributed by atoms with Gasteiger partial charge in [-0.1, -0.05) is 35.9 Å². The van der Waals surface area contributed by atoms with Crippen LogP contribution < -0.4 is 9.46 Å². The zero-order valence-corrected chi connectivity index (χ0v) is 16.0. The van der Waals surface area contributed by atoms with Crippen LogP contribution in [0.4, 0.5) is 0 Å². The maximum atomic E-state index is 12.4. The number of hydrogen-bond donors (Lipinski definition) is 1. The van der Waals surface area contributed by atoms with E-state index in [1.54, 1.807) is 30.3 Å². The molecular formula is C19H23ClN2O3S. The molecule has 0 amide bonds. The van der Waals surface area contributed by atoms with Crippen LogP contribution in [0.25, 0.3) is 0 Å². The normalized spacial score (nSPS) is 16.5. The summed E-state index contributed by atoms with van der Waals surface area (Å²) in [4.78, 5) is 2.61. The zero-order chi connectivity index (χ0) is 18.4. The minimum absolute atomic E-state index is 0.0229. The molecule has 140 valence electrons. The Balaban J connectivity index is 1.41. The van der Waals surface area contributed by atoms with Crippen LogP contribution in [0.5, 0.6) is 5.75 Å². The molecule has 0 bridgehead atoms. The summed E-state index contributed by atoms with van der Waals surface area (Å²) in [5, 5.41) is 0.661. The molecule has 3 rings (SSSR count). The largest absolute Gasteiger partial charge is 0.492 e. The van der Waals surface area contributed by atoms with Crippen LogP contribution in [-0.2, 0) is 10.0 Å². The summed E-state index contributed by atoms with van der Waals surface area (Å²) < 4.78 is 33.3. The number of benzene rings is 2. The van der Waals surface area contributed by atoms with E-state index in [1.807, 2.05) is 24.3 Å². The second-order valence-corrected chi connectivity index (χ2v) is 8.51. The van der Waals surface area contributed by atoms with E-state index in [1.165, 1.54) is 0 Å². The van der Waals surface area contributed by atoms with E-state index in [0.29, 0.717) is 16.5 Å². The topological polar surface area (TPSA) is 58.6 Å². The fraction of sp³-hybridized carbons (Fsp3) is 0.368. The Hall–Kier alpha value is -1.60. The van der Waals surface area contributed by atoms with E-state index >= 15 is 0 Å². The lowest BCUT2D eigenvalue weighted by atomic mass is 10.1. The molecule has 1 N–H and O–H groups in total. The van der Waals surface area contributed by atoms with Crippen molar-refractivity contribution in [1.82, 2.24) is 9.62 Å². The van der Waals surface area contributed by atoms with Gasteiger partial charge in [-0.05, 0) is 56.3 Å². The molecule has 26 heavy (non-hydrogen) atoms. The van der Waals surface area contributed by atoms with Crippen molar-refractivity contribution in [1.29, 1.82) is 0 Å². The molecule has 0 aromatic heterocycles. The van der Waals surface area contributed by atoms with E-state index in [9.17, 15) is 8.42 Å². The first-order chi connectivity index (χ1) is 12.5. The molecule has 0 atom stereocenters. The van der Waals surface area contributed by atoms with Crippen molar-refractivity contribution < 1.29 is 13.2 Å². The van der Waals surface area contributed by atoms with Crippen molar-refractivity contribution in [3.63, 3.8) is 0 Å². The third kappa shape index (κ3) is 5.45. The average molecular weight is 395 g/mol. The summed E-state index contributed by atoms with van der Waals surface area (Å²) in [5.74, 6) is 0.767. The molecule has 0 saturated carbocycles. The highest BCUT2D eigenvalue weighted by molar-refractivity contribution is 7.89. The Morgan fingerprint density at radius 3 is 2.50 bits per heavy atom. The average Bonchev–Trinajstić information content (AvgIpc) is 2.64. The van der Waals surface area contributed by atoms with Gasteiger partial charge in [-0.25, -0.2) is 13.1 Å². The molecular weight excluding hydrogens is 372 g/mol. The molecule has 0 radical (unpaired) electrons. The first kappa shape index (κ1) is 19.2. The third-order valence-electron chi connectivity index (χ3n) is 4.44. The van der Waals surface area contributed by atoms with Gasteiger partial charge in [0.2, 0.25) is 10.0 Å². The van der Waals surface area contributed by atoms with Gasteiger partial charge in [0.15, 0.2) is 0 Å². The minimum atomic E-state index is -3.44. The lowest BCUT2D eigenvalue weighted by Crippen LogP contribution is -2.45. The van der Waals surface area contributed by atoms with Crippen LogP contribution in [-0.4, -0.2) is 45.6 Å². The van der Waals surface area contributed by atoms with E-state index in [-0.39, 0.29) is 6.04 Å². The Bertz CT molecular complexity index is 807. The first-order valence-electron chi connectivity index (χ1n) is 8.71. The Kier molecular flexibility index (Phi) is 6.53. The number of piperidine rings is 1. The van der Waals surface area contributed by atoms with Crippen LogP contribution in [0.15, 0.2) is 59.5 Å². The fourth-order valence-corrected chi connectivity index (χ4v) is 4.52. The lowest BCUT2D eigenvalue weighted by molar-refractivity contribution is 0.170. The van der Waals surface area contributed by atoms with Gasteiger partial charge >= 0.3 is 0 Å². The second-order valence-electron chi connectivity index (χ2n) is 6.36. The molecule has 2 aromatic carbocycles. The molecule has 2 aromatic rings. The highest BCUT2D eigenvalue weighted by atomic mass is 35.5. The second kappa shape index (κ2) is 8.86. The number of ether oxygens (including phenoxy) is 1. The summed E-state index contributed by atoms with van der Waals surface area (Å²) in [6.07, 6.45) is 1.59. The molecule has 0 aliphatic carbocycles. The summed E-state index contributed by atoms with van der Waals surface area (Å²) in [5.41, 5.74) is 0. The van der Waals surface area contributed by atoms with E-state index in [0.717, 1.165) is 38.2 Å². The molecule has 1 aliphatic rings. The van der Waals surface area contributed by atoms with Gasteiger partial charge < -0.3 is 4.74 Å². The number of nitrogens with one attached hydrogen (secondary N) is 1. The summed E-state index contributed by atoms with van der Waals surface area (Å²) in [7, 11) is -3.44. The standard InChI is InChI=1S/C19H23ClN2O3S/c20-16-5-4-6-18(15-16)25-14-13-22-11-9-17(10-12-22)21-26(23,24)19-7-2-1-3-8-19/h1-8,15,17,21H,9-14H2. The molecule has 5 nitrogen and oxygen atoms in total. The van der Waals surface area contributed by atoms with E-state index in [4.69, 9.17) is 16.3 Å². The van der Waals surface area contributed by atoms with Crippen LogP contribution in [0.2, 0.25) is 5.02 Å². The Labute approximate surface area is 160 Å². The quantitative estimate of drug-likeness (QED) is 0.783. The number of halogens is 1. The summed E-state index contributed by atoms with van der Waals surface area (Å²) in [6, 6.07) is 15.8. The monoisotopic (exact) mass is 394 g/mol. The highest BCUT2D eigenvalue weighted by Crippen LogP contribution is 2.18. The first-order valence-corrected chi connectivity index (χ1v) is 10.6. The third-order valence-corrected chi connectivity index (χ3v) is 6.21. The van der Waals surface area contributed by atoms with Crippen molar-refractivity contribution in [3.05, 3.63) is 59.6 Å². The molecule has 1 aliphatic heterocycles. The molecule has 0 spiro atoms. The number of hydrogen-bond acceptors (Lipinski definition) is 4. The van der Waals surface area contributed by atoms with Crippen LogP contribution >= 0.6 is 11.6 Å². The van der Waals surface area contributed by atoms with Crippen molar-refractivity contribution >= 4 is 21.6 Å². The van der Waals surface area contributed by atoms with Gasteiger partial charge in [0.25, 0.3) is 0 Å². The van der Waals surface area contributed by atoms with Gasteiger partial charge in [0.1, 0.15) is 12.4 Å². The Morgan fingerprint density at radius 2 is 1.81 bits per heavy atom. The zero-order valence-electron chi connectivity index (χ0n) is 14.5. The van der Waals surface area contributed by atoms with Gasteiger partial charge in [0, 0.05) is 17.6 Å². The fourth-order valence-electron chi connectivity index (χ4n) is 3.01. The van der Waals surface area contributed by atoms with Crippen LogP contribution in [0.3, 0.4) is 0 Å². The molecule has 1 fully saturated rings. The van der Waals surface area contributed by atoms with Gasteiger partial charge in [-0.15, -0.1) is 0 Å². The predicted molar refractivity (Wildman–Crippen MR) is 103 cm³/mol. The highest BCUT2D eigenvalue weighted by Gasteiger charge is 2.24. The van der Waals surface area contributed by atoms with Crippen molar-refractivity contribution in [2.45, 2.75) is 23.8 Å². The maximum Gasteiger partial charge on any atom is 0.240 e. The van der Waals surface area contributed by atoms with Gasteiger partial charge in [-0.2, -0.15) is 0 Å². The van der Waals surface area contributed by atoms with Crippen molar-refractivity contribution in [2.75, 3.05) is 26.2 Å². The van der Waals surface area contributed by atoms with E-state index in [2.05, 4.69) is 9.62 Å². The number of nitrogens with zero attached hydrogens (tertiary/aromatic N) is 1. The van der Waals surface area contributed by atoms with Gasteiger partial charge in [-0.3, -0.25) is 4.90 Å². The number of likely N-dealkylation sites (tertiary alicyclic amines) is 1. The minimum Gasteiger partial charge on any atom is -0.492 e. The molecule has 1 heterocycles. The van der Waals surface area contributed by atoms with Crippen LogP contribution in [0, 0.1) is 0 Å². The lowest BCUT2D eigenvalue weighted by Gasteiger charge is -2.32. The van der Waals surface area contributed by atoms with Crippen LogP contribution in [0.1, 0.15) is 12.8 Å². The van der Waals surface area contributed by atoms with Gasteiger partial charge in [0.05, 0.1) is 4.90 Å². The molecule has 0 unspecified atom stereocenters. The smallest absolute Gasteiger partial charge is 0.240 e. The van der Waals surface area contributed by atoms with Crippen molar-refractivity contribution in [3.8, 4) is 5.75 Å². The number of rotatable bonds is 7. The molecule has 7 heteroatoms. The summed E-state index contributed by atoms with van der Waals surface area (Å²) in [6.45, 7) is 3.09. The van der Waals surface area contributed by atoms with Crippen molar-refractivity contribution in [2.24, 2.45) is 0 Å². The molecule has 1 saturated heterocycles. The Morgan fingerprint density at radius 1 is 1.08 bits per heavy atom. The predicted octanol–water partition coefficient (Wildman–Crippen LogP) is 3.16. The number of sulfonamides is 1. The summed E-state index contributed by atoms with van der Waals surface area (Å²) >= 11 is 5.94. The maximum absolute atomic E-state index is 12.4. The van der Waals surface area contributed by atoms with E-state index < -0.39 is 10.0 Å². The SMILES string of the molecule is O=S(=O)(NC1CCN(CCOc2cccc(Cl)c2)CC1)c1ccccc1.